The maximum Gasteiger partial charge on any atom is 0.412 e. The van der Waals surface area contributed by atoms with Gasteiger partial charge in [-0.2, -0.15) is 0 Å². The summed E-state index contributed by atoms with van der Waals surface area (Å²) in [6, 6.07) is 7.40. The van der Waals surface area contributed by atoms with E-state index in [1.165, 1.54) is 0 Å². The van der Waals surface area contributed by atoms with Crippen molar-refractivity contribution in [3.8, 4) is 12.3 Å². The molecule has 14 heavy (non-hydrogen) atoms. The number of anilines is 1. The molecule has 0 radical (unpaired) electrons. The number of carbonyl (C=O) groups is 1. The van der Waals surface area contributed by atoms with Crippen molar-refractivity contribution in [3.63, 3.8) is 0 Å². The van der Waals surface area contributed by atoms with Crippen LogP contribution in [0.1, 0.15) is 5.56 Å². The molecule has 0 heterocycles. The highest BCUT2D eigenvalue weighted by atomic mass is 16.5. The van der Waals surface area contributed by atoms with Gasteiger partial charge in [-0.3, -0.25) is 5.32 Å². The molecule has 1 aromatic rings. The molecule has 0 aliphatic carbocycles. The number of aryl methyl sites for hydroxylation is 1. The maximum absolute atomic E-state index is 11.0. The number of rotatable bonds is 2. The molecule has 0 bridgehead atoms. The molecular formula is C11H11NO2. The van der Waals surface area contributed by atoms with Crippen LogP contribution in [0.15, 0.2) is 24.3 Å². The fraction of sp³-hybridized carbons (Fsp3) is 0.182. The number of nitrogens with one attached hydrogen (secondary N) is 1. The topological polar surface area (TPSA) is 38.3 Å². The van der Waals surface area contributed by atoms with Gasteiger partial charge in [-0.25, -0.2) is 4.79 Å². The van der Waals surface area contributed by atoms with Gasteiger partial charge in [0.15, 0.2) is 6.61 Å². The van der Waals surface area contributed by atoms with E-state index in [9.17, 15) is 4.79 Å². The van der Waals surface area contributed by atoms with Crippen molar-refractivity contribution in [2.75, 3.05) is 11.9 Å². The van der Waals surface area contributed by atoms with Crippen molar-refractivity contribution in [3.05, 3.63) is 29.8 Å². The molecule has 3 nitrogen and oxygen atoms in total. The van der Waals surface area contributed by atoms with Gasteiger partial charge in [0.25, 0.3) is 0 Å². The van der Waals surface area contributed by atoms with Gasteiger partial charge in [-0.15, -0.1) is 6.42 Å². The maximum atomic E-state index is 11.0. The zero-order valence-electron chi connectivity index (χ0n) is 7.91. The summed E-state index contributed by atoms with van der Waals surface area (Å²) in [5.74, 6) is 2.21. The Morgan fingerprint density at radius 3 is 2.71 bits per heavy atom. The third-order valence-corrected chi connectivity index (χ3v) is 1.58. The molecule has 1 amide bonds. The lowest BCUT2D eigenvalue weighted by atomic mass is 10.2. The van der Waals surface area contributed by atoms with Crippen LogP contribution in [-0.4, -0.2) is 12.7 Å². The first kappa shape index (κ1) is 10.1. The molecule has 3 heteroatoms. The summed E-state index contributed by atoms with van der Waals surface area (Å²) in [5.41, 5.74) is 1.82. The van der Waals surface area contributed by atoms with Crippen molar-refractivity contribution < 1.29 is 9.53 Å². The molecule has 0 unspecified atom stereocenters. The summed E-state index contributed by atoms with van der Waals surface area (Å²) in [6.45, 7) is 1.96. The van der Waals surface area contributed by atoms with Gasteiger partial charge < -0.3 is 4.74 Å². The third-order valence-electron chi connectivity index (χ3n) is 1.58. The minimum atomic E-state index is -0.535. The zero-order chi connectivity index (χ0) is 10.4. The largest absolute Gasteiger partial charge is 0.436 e. The van der Waals surface area contributed by atoms with Crippen LogP contribution < -0.4 is 5.32 Å². The molecule has 72 valence electrons. The highest BCUT2D eigenvalue weighted by Gasteiger charge is 2.00. The van der Waals surface area contributed by atoms with E-state index < -0.39 is 6.09 Å². The summed E-state index contributed by atoms with van der Waals surface area (Å²) in [6.07, 6.45) is 4.40. The van der Waals surface area contributed by atoms with Crippen molar-refractivity contribution in [1.29, 1.82) is 0 Å². The SMILES string of the molecule is C#CCOC(=O)Nc1ccc(C)cc1. The highest BCUT2D eigenvalue weighted by molar-refractivity contribution is 5.84. The van der Waals surface area contributed by atoms with E-state index >= 15 is 0 Å². The number of ether oxygens (including phenoxy) is 1. The van der Waals surface area contributed by atoms with E-state index in [4.69, 9.17) is 6.42 Å². The minimum Gasteiger partial charge on any atom is -0.436 e. The van der Waals surface area contributed by atoms with Crippen LogP contribution in [0.4, 0.5) is 10.5 Å². The van der Waals surface area contributed by atoms with Crippen molar-refractivity contribution in [2.45, 2.75) is 6.92 Å². The average Bonchev–Trinajstić information content (AvgIpc) is 2.18. The van der Waals surface area contributed by atoms with E-state index in [-0.39, 0.29) is 6.61 Å². The van der Waals surface area contributed by atoms with E-state index in [1.807, 2.05) is 19.1 Å². The zero-order valence-corrected chi connectivity index (χ0v) is 7.91. The smallest absolute Gasteiger partial charge is 0.412 e. The molecule has 0 aromatic heterocycles. The van der Waals surface area contributed by atoms with Gasteiger partial charge in [-0.1, -0.05) is 23.6 Å². The van der Waals surface area contributed by atoms with Crippen LogP contribution in [0.5, 0.6) is 0 Å². The second kappa shape index (κ2) is 4.93. The first-order chi connectivity index (χ1) is 6.72. The van der Waals surface area contributed by atoms with Crippen LogP contribution in [0.25, 0.3) is 0 Å². The second-order valence-electron chi connectivity index (χ2n) is 2.77. The van der Waals surface area contributed by atoms with E-state index in [1.54, 1.807) is 12.1 Å². The summed E-state index contributed by atoms with van der Waals surface area (Å²) >= 11 is 0. The summed E-state index contributed by atoms with van der Waals surface area (Å²) < 4.78 is 4.64. The van der Waals surface area contributed by atoms with Crippen molar-refractivity contribution >= 4 is 11.8 Å². The quantitative estimate of drug-likeness (QED) is 0.724. The van der Waals surface area contributed by atoms with E-state index in [0.717, 1.165) is 5.56 Å². The van der Waals surface area contributed by atoms with Crippen molar-refractivity contribution in [2.24, 2.45) is 0 Å². The van der Waals surface area contributed by atoms with Gasteiger partial charge in [0.2, 0.25) is 0 Å². The molecule has 0 fully saturated rings. The lowest BCUT2D eigenvalue weighted by Crippen LogP contribution is -2.13. The number of hydrogen-bond donors (Lipinski definition) is 1. The Labute approximate surface area is 83.1 Å². The Morgan fingerprint density at radius 2 is 2.14 bits per heavy atom. The number of amides is 1. The average molecular weight is 189 g/mol. The lowest BCUT2D eigenvalue weighted by Gasteiger charge is -2.04. The highest BCUT2D eigenvalue weighted by Crippen LogP contribution is 2.08. The molecule has 0 spiro atoms. The Balaban J connectivity index is 2.49. The van der Waals surface area contributed by atoms with Crippen LogP contribution in [0, 0.1) is 19.3 Å². The number of carbonyl (C=O) groups excluding carboxylic acids is 1. The Hall–Kier alpha value is -1.95. The summed E-state index contributed by atoms with van der Waals surface area (Å²) in [7, 11) is 0. The molecule has 1 rings (SSSR count). The number of terminal acetylenes is 1. The van der Waals surface area contributed by atoms with Gasteiger partial charge in [-0.05, 0) is 19.1 Å². The van der Waals surface area contributed by atoms with E-state index in [0.29, 0.717) is 5.69 Å². The van der Waals surface area contributed by atoms with Crippen LogP contribution >= 0.6 is 0 Å². The standard InChI is InChI=1S/C11H11NO2/c1-3-8-14-11(13)12-10-6-4-9(2)5-7-10/h1,4-7H,8H2,2H3,(H,12,13). The molecule has 1 N–H and O–H groups in total. The lowest BCUT2D eigenvalue weighted by molar-refractivity contribution is 0.176. The van der Waals surface area contributed by atoms with Crippen LogP contribution in [0.2, 0.25) is 0 Å². The molecular weight excluding hydrogens is 178 g/mol. The predicted octanol–water partition coefficient (Wildman–Crippen LogP) is 2.18. The van der Waals surface area contributed by atoms with Crippen LogP contribution in [-0.2, 0) is 4.74 Å². The molecule has 0 aliphatic rings. The molecule has 1 aromatic carbocycles. The first-order valence-electron chi connectivity index (χ1n) is 4.16. The minimum absolute atomic E-state index is 0.0162. The molecule has 0 saturated heterocycles. The van der Waals surface area contributed by atoms with Gasteiger partial charge in [0, 0.05) is 5.69 Å². The van der Waals surface area contributed by atoms with E-state index in [2.05, 4.69) is 16.0 Å². The Morgan fingerprint density at radius 1 is 1.50 bits per heavy atom. The molecule has 0 atom stereocenters. The van der Waals surface area contributed by atoms with Crippen molar-refractivity contribution in [1.82, 2.24) is 0 Å². The second-order valence-corrected chi connectivity index (χ2v) is 2.77. The third kappa shape index (κ3) is 3.20. The predicted molar refractivity (Wildman–Crippen MR) is 55.0 cm³/mol. The summed E-state index contributed by atoms with van der Waals surface area (Å²) in [4.78, 5) is 11.0. The fourth-order valence-corrected chi connectivity index (χ4v) is 0.898. The Bertz CT molecular complexity index is 349. The van der Waals surface area contributed by atoms with Gasteiger partial charge in [0.05, 0.1) is 0 Å². The monoisotopic (exact) mass is 189 g/mol. The first-order valence-corrected chi connectivity index (χ1v) is 4.16. The van der Waals surface area contributed by atoms with Crippen LogP contribution in [0.3, 0.4) is 0 Å². The number of hydrogen-bond acceptors (Lipinski definition) is 2. The Kier molecular flexibility index (Phi) is 3.57. The fourth-order valence-electron chi connectivity index (χ4n) is 0.898. The normalized spacial score (nSPS) is 8.86. The molecule has 0 saturated carbocycles. The number of benzene rings is 1. The van der Waals surface area contributed by atoms with Gasteiger partial charge in [0.1, 0.15) is 0 Å². The summed E-state index contributed by atoms with van der Waals surface area (Å²) in [5, 5.41) is 2.55. The van der Waals surface area contributed by atoms with Gasteiger partial charge >= 0.3 is 6.09 Å². The molecule has 0 aliphatic heterocycles.